The van der Waals surface area contributed by atoms with Crippen LogP contribution in [0.3, 0.4) is 0 Å². The van der Waals surface area contributed by atoms with Gasteiger partial charge in [0.05, 0.1) is 24.6 Å². The number of fused-ring (bicyclic) bond motifs is 7. The van der Waals surface area contributed by atoms with E-state index in [0.29, 0.717) is 13.2 Å². The van der Waals surface area contributed by atoms with Gasteiger partial charge in [-0.3, -0.25) is 0 Å². The summed E-state index contributed by atoms with van der Waals surface area (Å²) in [7, 11) is 3.57. The molecule has 0 atom stereocenters. The van der Waals surface area contributed by atoms with Crippen LogP contribution in [0.15, 0.2) is 48.5 Å². The zero-order valence-corrected chi connectivity index (χ0v) is 18.5. The van der Waals surface area contributed by atoms with Crippen molar-refractivity contribution in [2.45, 2.75) is 25.9 Å². The minimum atomic E-state index is 0.691. The minimum absolute atomic E-state index is 0.691. The third kappa shape index (κ3) is 3.47. The Kier molecular flexibility index (Phi) is 5.81. The number of hydrogen-bond donors (Lipinski definition) is 1. The molecule has 5 rings (SSSR count). The van der Waals surface area contributed by atoms with Gasteiger partial charge in [-0.15, -0.1) is 0 Å². The number of nitrogens with zero attached hydrogens (tertiary/aromatic N) is 2. The van der Waals surface area contributed by atoms with Gasteiger partial charge in [0.15, 0.2) is 0 Å². The van der Waals surface area contributed by atoms with Crippen LogP contribution in [-0.4, -0.2) is 49.7 Å². The number of nitrogens with one attached hydrogen (secondary N) is 1. The van der Waals surface area contributed by atoms with Crippen molar-refractivity contribution >= 4 is 21.8 Å². The SMILES string of the molecule is COCCn1c2c(c3ccccc31)CCNCCc1c-2n(CCOC)c2ccccc12. The first-order valence-corrected chi connectivity index (χ1v) is 11.2. The number of para-hydroxylation sites is 2. The molecule has 5 nitrogen and oxygen atoms in total. The van der Waals surface area contributed by atoms with Crippen molar-refractivity contribution in [2.24, 2.45) is 0 Å². The van der Waals surface area contributed by atoms with E-state index in [1.165, 1.54) is 44.3 Å². The zero-order valence-electron chi connectivity index (χ0n) is 18.5. The third-order valence-electron chi connectivity index (χ3n) is 6.52. The van der Waals surface area contributed by atoms with Crippen LogP contribution in [0.25, 0.3) is 33.2 Å². The van der Waals surface area contributed by atoms with Crippen molar-refractivity contribution in [1.82, 2.24) is 14.5 Å². The Morgan fingerprint density at radius 1 is 0.710 bits per heavy atom. The van der Waals surface area contributed by atoms with Gasteiger partial charge in [0.25, 0.3) is 0 Å². The summed E-state index contributed by atoms with van der Waals surface area (Å²) in [5.41, 5.74) is 8.15. The summed E-state index contributed by atoms with van der Waals surface area (Å²) in [5.74, 6) is 0. The van der Waals surface area contributed by atoms with Crippen LogP contribution in [0.2, 0.25) is 0 Å². The van der Waals surface area contributed by atoms with Crippen LogP contribution in [0.4, 0.5) is 0 Å². The molecule has 5 heteroatoms. The maximum atomic E-state index is 5.52. The van der Waals surface area contributed by atoms with E-state index >= 15 is 0 Å². The fourth-order valence-electron chi connectivity index (χ4n) is 5.18. The molecule has 0 unspecified atom stereocenters. The smallest absolute Gasteiger partial charge is 0.0696 e. The van der Waals surface area contributed by atoms with Gasteiger partial charge in [0.1, 0.15) is 0 Å². The van der Waals surface area contributed by atoms with Crippen LogP contribution < -0.4 is 5.32 Å². The number of hydrogen-bond acceptors (Lipinski definition) is 3. The van der Waals surface area contributed by atoms with Crippen LogP contribution >= 0.6 is 0 Å². The lowest BCUT2D eigenvalue weighted by atomic mass is 10.0. The van der Waals surface area contributed by atoms with E-state index in [2.05, 4.69) is 63.0 Å². The normalized spacial score (nSPS) is 14.3. The van der Waals surface area contributed by atoms with Gasteiger partial charge in [-0.05, 0) is 49.2 Å². The molecular formula is C26H31N3O2. The summed E-state index contributed by atoms with van der Waals surface area (Å²) in [6.07, 6.45) is 2.03. The summed E-state index contributed by atoms with van der Waals surface area (Å²) in [6, 6.07) is 17.7. The molecule has 0 fully saturated rings. The van der Waals surface area contributed by atoms with Crippen molar-refractivity contribution < 1.29 is 9.47 Å². The highest BCUT2D eigenvalue weighted by molar-refractivity contribution is 5.97. The van der Waals surface area contributed by atoms with Gasteiger partial charge >= 0.3 is 0 Å². The average Bonchev–Trinajstić information content (AvgIpc) is 3.30. The summed E-state index contributed by atoms with van der Waals surface area (Å²) >= 11 is 0. The van der Waals surface area contributed by atoms with Gasteiger partial charge in [0.2, 0.25) is 0 Å². The number of rotatable bonds is 6. The van der Waals surface area contributed by atoms with Crippen molar-refractivity contribution in [1.29, 1.82) is 0 Å². The molecule has 0 spiro atoms. The van der Waals surface area contributed by atoms with Gasteiger partial charge in [0, 0.05) is 49.1 Å². The predicted molar refractivity (Wildman–Crippen MR) is 127 cm³/mol. The van der Waals surface area contributed by atoms with Gasteiger partial charge in [-0.25, -0.2) is 0 Å². The maximum absolute atomic E-state index is 5.52. The molecule has 2 aromatic heterocycles. The fourth-order valence-corrected chi connectivity index (χ4v) is 5.18. The van der Waals surface area contributed by atoms with Crippen LogP contribution in [0.1, 0.15) is 11.1 Å². The monoisotopic (exact) mass is 417 g/mol. The van der Waals surface area contributed by atoms with E-state index < -0.39 is 0 Å². The molecule has 1 aliphatic rings. The number of ether oxygens (including phenoxy) is 2. The Balaban J connectivity index is 1.89. The van der Waals surface area contributed by atoms with E-state index in [9.17, 15) is 0 Å². The Morgan fingerprint density at radius 3 is 1.61 bits per heavy atom. The van der Waals surface area contributed by atoms with Crippen molar-refractivity contribution in [3.8, 4) is 11.4 Å². The van der Waals surface area contributed by atoms with Crippen LogP contribution in [0.5, 0.6) is 0 Å². The minimum Gasteiger partial charge on any atom is -0.383 e. The van der Waals surface area contributed by atoms with Crippen molar-refractivity contribution in [2.75, 3.05) is 40.5 Å². The largest absolute Gasteiger partial charge is 0.383 e. The lowest BCUT2D eigenvalue weighted by molar-refractivity contribution is 0.187. The van der Waals surface area contributed by atoms with Crippen LogP contribution in [-0.2, 0) is 35.4 Å². The fraction of sp³-hybridized carbons (Fsp3) is 0.385. The highest BCUT2D eigenvalue weighted by Crippen LogP contribution is 2.41. The number of aromatic nitrogens is 2. The molecule has 2 aromatic carbocycles. The Morgan fingerprint density at radius 2 is 1.16 bits per heavy atom. The molecule has 0 amide bonds. The van der Waals surface area contributed by atoms with E-state index in [1.54, 1.807) is 14.2 Å². The number of methoxy groups -OCH3 is 2. The van der Waals surface area contributed by atoms with Crippen LogP contribution in [0, 0.1) is 0 Å². The molecule has 0 saturated carbocycles. The molecule has 162 valence electrons. The topological polar surface area (TPSA) is 40.3 Å². The Hall–Kier alpha value is -2.60. The Labute approximate surface area is 183 Å². The second-order valence-corrected chi connectivity index (χ2v) is 8.23. The van der Waals surface area contributed by atoms with Gasteiger partial charge in [-0.2, -0.15) is 0 Å². The van der Waals surface area contributed by atoms with E-state index in [0.717, 1.165) is 39.0 Å². The molecule has 0 bridgehead atoms. The zero-order chi connectivity index (χ0) is 21.2. The third-order valence-corrected chi connectivity index (χ3v) is 6.52. The summed E-state index contributed by atoms with van der Waals surface area (Å²) in [5, 5.41) is 6.38. The number of benzene rings is 2. The lowest BCUT2D eigenvalue weighted by Crippen LogP contribution is -2.19. The molecule has 0 radical (unpaired) electrons. The second kappa shape index (κ2) is 8.87. The maximum Gasteiger partial charge on any atom is 0.0696 e. The molecule has 0 aliphatic carbocycles. The standard InChI is InChI=1S/C26H31N3O2/c1-30-17-15-28-23-9-5-3-7-19(23)21-11-13-27-14-12-22-20-8-4-6-10-24(20)29(16-18-31-2)26(22)25(21)28/h3-10,27H,11-18H2,1-2H3. The molecule has 4 aromatic rings. The first-order chi connectivity index (χ1) is 15.3. The van der Waals surface area contributed by atoms with E-state index in [1.807, 2.05) is 0 Å². The Bertz CT molecular complexity index is 1110. The average molecular weight is 418 g/mol. The van der Waals surface area contributed by atoms with E-state index in [4.69, 9.17) is 9.47 Å². The highest BCUT2D eigenvalue weighted by atomic mass is 16.5. The first-order valence-electron chi connectivity index (χ1n) is 11.2. The molecular weight excluding hydrogens is 386 g/mol. The second-order valence-electron chi connectivity index (χ2n) is 8.23. The highest BCUT2D eigenvalue weighted by Gasteiger charge is 2.26. The molecule has 31 heavy (non-hydrogen) atoms. The van der Waals surface area contributed by atoms with Crippen molar-refractivity contribution in [3.63, 3.8) is 0 Å². The summed E-state index contributed by atoms with van der Waals surface area (Å²) < 4.78 is 16.0. The summed E-state index contributed by atoms with van der Waals surface area (Å²) in [6.45, 7) is 5.04. The van der Waals surface area contributed by atoms with Crippen molar-refractivity contribution in [3.05, 3.63) is 59.7 Å². The molecule has 1 N–H and O–H groups in total. The molecule has 1 aliphatic heterocycles. The van der Waals surface area contributed by atoms with E-state index in [-0.39, 0.29) is 0 Å². The first kappa shape index (κ1) is 20.3. The molecule has 0 saturated heterocycles. The van der Waals surface area contributed by atoms with Gasteiger partial charge in [-0.1, -0.05) is 36.4 Å². The lowest BCUT2D eigenvalue weighted by Gasteiger charge is -2.17. The summed E-state index contributed by atoms with van der Waals surface area (Å²) in [4.78, 5) is 0. The predicted octanol–water partition coefficient (Wildman–Crippen LogP) is 4.24. The molecule has 3 heterocycles. The quantitative estimate of drug-likeness (QED) is 0.510. The van der Waals surface area contributed by atoms with Gasteiger partial charge < -0.3 is 23.9 Å².